The van der Waals surface area contributed by atoms with Crippen molar-refractivity contribution < 1.29 is 4.42 Å². The van der Waals surface area contributed by atoms with E-state index in [0.717, 1.165) is 24.8 Å². The first kappa shape index (κ1) is 13.9. The number of nitrogens with one attached hydrogen (secondary N) is 1. The minimum atomic E-state index is 0.467. The number of hydrogen-bond donors (Lipinski definition) is 1. The van der Waals surface area contributed by atoms with Crippen LogP contribution in [0.1, 0.15) is 31.9 Å². The fourth-order valence-corrected chi connectivity index (χ4v) is 2.53. The van der Waals surface area contributed by atoms with Gasteiger partial charge in [0.05, 0.1) is 6.54 Å². The molecule has 2 heterocycles. The minimum absolute atomic E-state index is 0.467. The van der Waals surface area contributed by atoms with Crippen molar-refractivity contribution in [2.45, 2.75) is 32.7 Å². The quantitative estimate of drug-likeness (QED) is 0.805. The van der Waals surface area contributed by atoms with Gasteiger partial charge in [-0.3, -0.25) is 0 Å². The molecule has 0 spiro atoms. The molecule has 2 rings (SSSR count). The van der Waals surface area contributed by atoms with E-state index >= 15 is 0 Å². The Morgan fingerprint density at radius 2 is 2.17 bits per heavy atom. The van der Waals surface area contributed by atoms with E-state index in [2.05, 4.69) is 17.1 Å². The largest absolute Gasteiger partial charge is 0.448 e. The van der Waals surface area contributed by atoms with Crippen LogP contribution in [0.4, 0.5) is 0 Å². The van der Waals surface area contributed by atoms with Crippen LogP contribution in [0, 0.1) is 5.92 Å². The summed E-state index contributed by atoms with van der Waals surface area (Å²) < 4.78 is 5.28. The van der Waals surface area contributed by atoms with E-state index in [-0.39, 0.29) is 0 Å². The third kappa shape index (κ3) is 4.63. The normalized spacial score (nSPS) is 18.3. The number of halogens is 1. The number of furan rings is 1. The number of hydrogen-bond acceptors (Lipinski definition) is 3. The smallest absolute Gasteiger partial charge is 0.193 e. The maximum atomic E-state index is 5.71. The Labute approximate surface area is 114 Å². The van der Waals surface area contributed by atoms with Crippen LogP contribution in [0.25, 0.3) is 0 Å². The number of likely N-dealkylation sites (tertiary alicyclic amines) is 1. The third-order valence-corrected chi connectivity index (χ3v) is 3.84. The first-order chi connectivity index (χ1) is 8.74. The molecule has 4 heteroatoms. The highest BCUT2D eigenvalue weighted by Crippen LogP contribution is 2.15. The van der Waals surface area contributed by atoms with Gasteiger partial charge in [-0.2, -0.15) is 0 Å². The second kappa shape index (κ2) is 7.17. The van der Waals surface area contributed by atoms with Gasteiger partial charge in [-0.1, -0.05) is 6.92 Å². The topological polar surface area (TPSA) is 28.4 Å². The molecule has 0 saturated carbocycles. The molecule has 1 fully saturated rings. The van der Waals surface area contributed by atoms with E-state index in [0.29, 0.717) is 5.22 Å². The van der Waals surface area contributed by atoms with Crippen molar-refractivity contribution in [3.05, 3.63) is 23.1 Å². The molecular weight excluding hydrogens is 248 g/mol. The number of piperidine rings is 1. The molecule has 3 nitrogen and oxygen atoms in total. The number of nitrogens with zero attached hydrogens (tertiary/aromatic N) is 1. The molecular formula is C14H23ClN2O. The van der Waals surface area contributed by atoms with E-state index in [9.17, 15) is 0 Å². The summed E-state index contributed by atoms with van der Waals surface area (Å²) in [7, 11) is 0. The summed E-state index contributed by atoms with van der Waals surface area (Å²) in [6.07, 6.45) is 3.92. The average molecular weight is 271 g/mol. The molecule has 1 aromatic heterocycles. The van der Waals surface area contributed by atoms with Crippen LogP contribution in [0.2, 0.25) is 5.22 Å². The van der Waals surface area contributed by atoms with Crippen LogP contribution in [0.5, 0.6) is 0 Å². The highest BCUT2D eigenvalue weighted by Gasteiger charge is 2.14. The Bertz CT molecular complexity index is 345. The zero-order valence-corrected chi connectivity index (χ0v) is 11.9. The molecule has 0 aromatic carbocycles. The summed E-state index contributed by atoms with van der Waals surface area (Å²) >= 11 is 5.71. The monoisotopic (exact) mass is 270 g/mol. The Balaban J connectivity index is 1.51. The molecule has 1 aliphatic rings. The fourth-order valence-electron chi connectivity index (χ4n) is 2.37. The fraction of sp³-hybridized carbons (Fsp3) is 0.714. The molecule has 0 amide bonds. The molecule has 1 aromatic rings. The van der Waals surface area contributed by atoms with E-state index in [4.69, 9.17) is 16.0 Å². The van der Waals surface area contributed by atoms with Gasteiger partial charge in [0.25, 0.3) is 0 Å². The predicted molar refractivity (Wildman–Crippen MR) is 74.9 cm³/mol. The molecule has 0 aliphatic carbocycles. The molecule has 0 bridgehead atoms. The van der Waals surface area contributed by atoms with E-state index in [1.165, 1.54) is 38.9 Å². The SMILES string of the molecule is CC1CCN(CCCNCc2ccc(Cl)o2)CC1. The van der Waals surface area contributed by atoms with Crippen LogP contribution in [0.15, 0.2) is 16.5 Å². The average Bonchev–Trinajstić information content (AvgIpc) is 2.77. The first-order valence-corrected chi connectivity index (χ1v) is 7.29. The Morgan fingerprint density at radius 1 is 1.39 bits per heavy atom. The van der Waals surface area contributed by atoms with Crippen LogP contribution in [0.3, 0.4) is 0 Å². The highest BCUT2D eigenvalue weighted by atomic mass is 35.5. The lowest BCUT2D eigenvalue weighted by atomic mass is 9.99. The van der Waals surface area contributed by atoms with Crippen molar-refractivity contribution in [3.63, 3.8) is 0 Å². The lowest BCUT2D eigenvalue weighted by molar-refractivity contribution is 0.190. The van der Waals surface area contributed by atoms with Gasteiger partial charge in [0.2, 0.25) is 0 Å². The molecule has 1 N–H and O–H groups in total. The number of rotatable bonds is 6. The van der Waals surface area contributed by atoms with Crippen molar-refractivity contribution in [1.29, 1.82) is 0 Å². The summed E-state index contributed by atoms with van der Waals surface area (Å²) in [5, 5.41) is 3.85. The standard InChI is InChI=1S/C14H23ClN2O/c1-12-5-9-17(10-6-12)8-2-7-16-11-13-3-4-14(15)18-13/h3-4,12,16H,2,5-11H2,1H3. The lowest BCUT2D eigenvalue weighted by Gasteiger charge is -2.30. The van der Waals surface area contributed by atoms with Crippen LogP contribution in [-0.4, -0.2) is 31.1 Å². The summed E-state index contributed by atoms with van der Waals surface area (Å²) in [6.45, 7) is 7.91. The van der Waals surface area contributed by atoms with E-state index in [1.807, 2.05) is 6.07 Å². The summed E-state index contributed by atoms with van der Waals surface area (Å²) in [4.78, 5) is 2.57. The zero-order valence-electron chi connectivity index (χ0n) is 11.1. The van der Waals surface area contributed by atoms with Crippen LogP contribution >= 0.6 is 11.6 Å². The molecule has 0 unspecified atom stereocenters. The summed E-state index contributed by atoms with van der Waals surface area (Å²) in [5.41, 5.74) is 0. The molecule has 1 aliphatic heterocycles. The highest BCUT2D eigenvalue weighted by molar-refractivity contribution is 6.28. The predicted octanol–water partition coefficient (Wildman–Crippen LogP) is 3.14. The molecule has 1 saturated heterocycles. The second-order valence-electron chi connectivity index (χ2n) is 5.26. The maximum Gasteiger partial charge on any atom is 0.193 e. The third-order valence-electron chi connectivity index (χ3n) is 3.63. The van der Waals surface area contributed by atoms with Gasteiger partial charge >= 0.3 is 0 Å². The van der Waals surface area contributed by atoms with Crippen molar-refractivity contribution >= 4 is 11.6 Å². The van der Waals surface area contributed by atoms with Gasteiger partial charge < -0.3 is 14.6 Å². The van der Waals surface area contributed by atoms with Crippen molar-refractivity contribution in [2.75, 3.05) is 26.2 Å². The van der Waals surface area contributed by atoms with Crippen LogP contribution in [-0.2, 0) is 6.54 Å². The van der Waals surface area contributed by atoms with Crippen molar-refractivity contribution in [3.8, 4) is 0 Å². The Hall–Kier alpha value is -0.510. The van der Waals surface area contributed by atoms with Gasteiger partial charge in [-0.05, 0) is 75.1 Å². The molecule has 0 atom stereocenters. The van der Waals surface area contributed by atoms with Gasteiger partial charge in [-0.15, -0.1) is 0 Å². The van der Waals surface area contributed by atoms with Gasteiger partial charge in [0, 0.05) is 0 Å². The van der Waals surface area contributed by atoms with Crippen molar-refractivity contribution in [2.24, 2.45) is 5.92 Å². The first-order valence-electron chi connectivity index (χ1n) is 6.91. The Morgan fingerprint density at radius 3 is 2.83 bits per heavy atom. The van der Waals surface area contributed by atoms with Gasteiger partial charge in [0.1, 0.15) is 5.76 Å². The van der Waals surface area contributed by atoms with Crippen LogP contribution < -0.4 is 5.32 Å². The second-order valence-corrected chi connectivity index (χ2v) is 5.63. The molecule has 102 valence electrons. The zero-order chi connectivity index (χ0) is 12.8. The van der Waals surface area contributed by atoms with Gasteiger partial charge in [-0.25, -0.2) is 0 Å². The summed E-state index contributed by atoms with van der Waals surface area (Å²) in [6, 6.07) is 3.70. The maximum absolute atomic E-state index is 5.71. The summed E-state index contributed by atoms with van der Waals surface area (Å²) in [5.74, 6) is 1.83. The van der Waals surface area contributed by atoms with E-state index in [1.54, 1.807) is 6.07 Å². The lowest BCUT2D eigenvalue weighted by Crippen LogP contribution is -2.34. The molecule has 0 radical (unpaired) electrons. The van der Waals surface area contributed by atoms with E-state index < -0.39 is 0 Å². The Kier molecular flexibility index (Phi) is 5.54. The van der Waals surface area contributed by atoms with Gasteiger partial charge in [0.15, 0.2) is 5.22 Å². The van der Waals surface area contributed by atoms with Crippen molar-refractivity contribution in [1.82, 2.24) is 10.2 Å². The molecule has 18 heavy (non-hydrogen) atoms. The minimum Gasteiger partial charge on any atom is -0.448 e.